The van der Waals surface area contributed by atoms with Crippen LogP contribution in [0.15, 0.2) is 53.4 Å². The van der Waals surface area contributed by atoms with Crippen molar-refractivity contribution in [2.24, 2.45) is 0 Å². The zero-order valence-corrected chi connectivity index (χ0v) is 27.3. The first-order valence-electron chi connectivity index (χ1n) is 14.6. The van der Waals surface area contributed by atoms with Crippen molar-refractivity contribution in [2.45, 2.75) is 88.8 Å². The van der Waals surface area contributed by atoms with Gasteiger partial charge in [0.25, 0.3) is 0 Å². The van der Waals surface area contributed by atoms with Crippen LogP contribution in [0, 0.1) is 0 Å². The van der Waals surface area contributed by atoms with Gasteiger partial charge in [-0.3, -0.25) is 9.59 Å². The summed E-state index contributed by atoms with van der Waals surface area (Å²) in [5.74, 6) is 0.415. The summed E-state index contributed by atoms with van der Waals surface area (Å²) >= 11 is 3.53. The molecule has 7 nitrogen and oxygen atoms in total. The van der Waals surface area contributed by atoms with Crippen LogP contribution in [0.5, 0.6) is 5.75 Å². The predicted molar refractivity (Wildman–Crippen MR) is 178 cm³/mol. The van der Waals surface area contributed by atoms with Gasteiger partial charge in [0, 0.05) is 50.9 Å². The molecule has 2 aromatic carbocycles. The summed E-state index contributed by atoms with van der Waals surface area (Å²) in [6, 6.07) is 14.6. The van der Waals surface area contributed by atoms with E-state index >= 15 is 0 Å². The maximum absolute atomic E-state index is 13.6. The van der Waals surface area contributed by atoms with Crippen LogP contribution in [-0.2, 0) is 14.6 Å². The van der Waals surface area contributed by atoms with Crippen LogP contribution in [-0.4, -0.2) is 75.7 Å². The predicted octanol–water partition coefficient (Wildman–Crippen LogP) is 6.75. The Morgan fingerprint density at radius 1 is 0.952 bits per heavy atom. The molecule has 0 unspecified atom stereocenters. The third kappa shape index (κ3) is 9.32. The average Bonchev–Trinajstić information content (AvgIpc) is 3.85. The molecule has 236 valence electrons. The summed E-state index contributed by atoms with van der Waals surface area (Å²) < 4.78 is 31.6. The molecule has 2 aromatic rings. The molecule has 0 atom stereocenters. The van der Waals surface area contributed by atoms with Gasteiger partial charge in [-0.25, -0.2) is 8.42 Å². The van der Waals surface area contributed by atoms with Gasteiger partial charge in [0.2, 0.25) is 0 Å². The van der Waals surface area contributed by atoms with Gasteiger partial charge in [-0.1, -0.05) is 21.3 Å². The standard InChI is InChI=1S/C29H38N2O5S.C2H6.CH4S.CH4/c1-22(32)29(17-19-31(20-18-29)25-11-12-25)37(34,35)27-15-13-26(14-16-27)36-21-5-4-6-28(33)23-7-9-24(10-8-23)30(2)3;2*1-2;/h7-10,13-16,25H,4-6,11-12,17-21H2,1-3H3;1-2H3;2H,1H3;1H4. The van der Waals surface area contributed by atoms with Gasteiger partial charge in [-0.2, -0.15) is 12.6 Å². The first-order chi connectivity index (χ1) is 19.6. The third-order valence-corrected chi connectivity index (χ3v) is 10.3. The molecule has 0 spiro atoms. The topological polar surface area (TPSA) is 84.0 Å². The van der Waals surface area contributed by atoms with Gasteiger partial charge >= 0.3 is 0 Å². The van der Waals surface area contributed by atoms with Gasteiger partial charge in [0.15, 0.2) is 21.4 Å². The number of ether oxygens (including phenoxy) is 1. The van der Waals surface area contributed by atoms with E-state index in [4.69, 9.17) is 4.74 Å². The minimum atomic E-state index is -3.81. The lowest BCUT2D eigenvalue weighted by Crippen LogP contribution is -2.53. The van der Waals surface area contributed by atoms with E-state index in [9.17, 15) is 18.0 Å². The second-order valence-corrected chi connectivity index (χ2v) is 12.7. The smallest absolute Gasteiger partial charge is 0.191 e. The maximum Gasteiger partial charge on any atom is 0.191 e. The second kappa shape index (κ2) is 17.7. The Morgan fingerprint density at radius 3 is 1.98 bits per heavy atom. The van der Waals surface area contributed by atoms with E-state index in [1.165, 1.54) is 19.8 Å². The molecule has 1 saturated heterocycles. The summed E-state index contributed by atoms with van der Waals surface area (Å²) in [6.07, 6.45) is 6.60. The van der Waals surface area contributed by atoms with Crippen molar-refractivity contribution < 1.29 is 22.7 Å². The molecule has 1 heterocycles. The molecular formula is C33H52N2O5S2. The van der Waals surface area contributed by atoms with E-state index in [2.05, 4.69) is 17.5 Å². The number of carbonyl (C=O) groups is 2. The van der Waals surface area contributed by atoms with E-state index in [-0.39, 0.29) is 23.9 Å². The molecule has 2 fully saturated rings. The minimum Gasteiger partial charge on any atom is -0.494 e. The molecule has 2 aliphatic rings. The number of sulfone groups is 1. The number of carbonyl (C=O) groups excluding carboxylic acids is 2. The van der Waals surface area contributed by atoms with Crippen LogP contribution >= 0.6 is 12.6 Å². The van der Waals surface area contributed by atoms with Crippen molar-refractivity contribution in [3.63, 3.8) is 0 Å². The molecule has 0 aromatic heterocycles. The lowest BCUT2D eigenvalue weighted by Gasteiger charge is -2.39. The number of hydrogen-bond acceptors (Lipinski definition) is 8. The maximum atomic E-state index is 13.6. The highest BCUT2D eigenvalue weighted by molar-refractivity contribution is 7.93. The van der Waals surface area contributed by atoms with Gasteiger partial charge in [-0.05, 0) is 100 Å². The van der Waals surface area contributed by atoms with Crippen LogP contribution < -0.4 is 9.64 Å². The SMILES string of the molecule is C.CC.CC(=O)C1(S(=O)(=O)c2ccc(OCCCCC(=O)c3ccc(N(C)C)cc3)cc2)CCN(C2CC2)CC1.CS. The molecule has 0 radical (unpaired) electrons. The Hall–Kier alpha value is -2.36. The lowest BCUT2D eigenvalue weighted by molar-refractivity contribution is -0.120. The Labute approximate surface area is 260 Å². The number of nitrogens with zero attached hydrogens (tertiary/aromatic N) is 2. The number of piperidine rings is 1. The first-order valence-corrected chi connectivity index (χ1v) is 17.0. The summed E-state index contributed by atoms with van der Waals surface area (Å²) in [6.45, 7) is 7.14. The molecule has 4 rings (SSSR count). The van der Waals surface area contributed by atoms with Crippen molar-refractivity contribution >= 4 is 39.7 Å². The van der Waals surface area contributed by atoms with Crippen LogP contribution in [0.25, 0.3) is 0 Å². The van der Waals surface area contributed by atoms with Gasteiger partial charge < -0.3 is 14.5 Å². The van der Waals surface area contributed by atoms with E-state index in [1.807, 2.05) is 57.1 Å². The molecule has 0 amide bonds. The number of hydrogen-bond donors (Lipinski definition) is 1. The number of ketones is 2. The first kappa shape index (κ1) is 37.7. The Balaban J connectivity index is 0.00000169. The normalized spacial score (nSPS) is 16.0. The van der Waals surface area contributed by atoms with Crippen molar-refractivity contribution in [1.29, 1.82) is 0 Å². The van der Waals surface area contributed by atoms with Crippen molar-refractivity contribution in [1.82, 2.24) is 4.90 Å². The van der Waals surface area contributed by atoms with Crippen molar-refractivity contribution in [3.05, 3.63) is 54.1 Å². The summed E-state index contributed by atoms with van der Waals surface area (Å²) in [7, 11) is 0.113. The quantitative estimate of drug-likeness (QED) is 0.160. The highest BCUT2D eigenvalue weighted by Crippen LogP contribution is 2.40. The largest absolute Gasteiger partial charge is 0.494 e. The number of likely N-dealkylation sites (tertiary alicyclic amines) is 1. The number of unbranched alkanes of at least 4 members (excludes halogenated alkanes) is 1. The second-order valence-electron chi connectivity index (χ2n) is 10.5. The number of anilines is 1. The fraction of sp³-hybridized carbons (Fsp3) is 0.576. The number of Topliss-reactive ketones (excluding diaryl/α,β-unsaturated/α-hetero) is 2. The average molecular weight is 621 g/mol. The molecule has 0 bridgehead atoms. The molecule has 0 N–H and O–H groups in total. The molecule has 1 saturated carbocycles. The molecule has 9 heteroatoms. The Morgan fingerprint density at radius 2 is 1.50 bits per heavy atom. The summed E-state index contributed by atoms with van der Waals surface area (Å²) in [5, 5.41) is 0. The van der Waals surface area contributed by atoms with Gasteiger partial charge in [0.1, 0.15) is 10.5 Å². The zero-order chi connectivity index (χ0) is 30.6. The van der Waals surface area contributed by atoms with E-state index in [1.54, 1.807) is 30.5 Å². The fourth-order valence-electron chi connectivity index (χ4n) is 5.11. The molecule has 1 aliphatic heterocycles. The van der Waals surface area contributed by atoms with Gasteiger partial charge in [-0.15, -0.1) is 0 Å². The zero-order valence-electron chi connectivity index (χ0n) is 25.6. The number of rotatable bonds is 12. The lowest BCUT2D eigenvalue weighted by atomic mass is 9.92. The number of benzene rings is 2. The van der Waals surface area contributed by atoms with Crippen molar-refractivity contribution in [3.8, 4) is 5.75 Å². The van der Waals surface area contributed by atoms with Gasteiger partial charge in [0.05, 0.1) is 11.5 Å². The Kier molecular flexibility index (Phi) is 15.9. The van der Waals surface area contributed by atoms with Crippen LogP contribution in [0.4, 0.5) is 5.69 Å². The Bertz CT molecular complexity index is 1200. The van der Waals surface area contributed by atoms with Crippen LogP contribution in [0.1, 0.15) is 83.5 Å². The van der Waals surface area contributed by atoms with Crippen molar-refractivity contribution in [2.75, 3.05) is 44.9 Å². The molecular weight excluding hydrogens is 569 g/mol. The monoisotopic (exact) mass is 620 g/mol. The fourth-order valence-corrected chi connectivity index (χ4v) is 7.15. The van der Waals surface area contributed by atoms with E-state index in [0.717, 1.165) is 5.69 Å². The van der Waals surface area contributed by atoms with Crippen LogP contribution in [0.2, 0.25) is 0 Å². The number of thiol groups is 1. The van der Waals surface area contributed by atoms with Crippen LogP contribution in [0.3, 0.4) is 0 Å². The molecule has 42 heavy (non-hydrogen) atoms. The van der Waals surface area contributed by atoms with E-state index < -0.39 is 14.6 Å². The minimum absolute atomic E-state index is 0. The highest BCUT2D eigenvalue weighted by atomic mass is 32.2. The summed E-state index contributed by atoms with van der Waals surface area (Å²) in [5.41, 5.74) is 1.77. The van der Waals surface area contributed by atoms with E-state index in [0.29, 0.717) is 69.2 Å². The highest BCUT2D eigenvalue weighted by Gasteiger charge is 2.51. The molecule has 1 aliphatic carbocycles. The third-order valence-electron chi connectivity index (χ3n) is 7.73. The summed E-state index contributed by atoms with van der Waals surface area (Å²) in [4.78, 5) is 29.5.